The van der Waals surface area contributed by atoms with Crippen LogP contribution in [-0.4, -0.2) is 5.11 Å². The Bertz CT molecular complexity index is 466. The van der Waals surface area contributed by atoms with Crippen molar-refractivity contribution in [1.29, 1.82) is 0 Å². The zero-order chi connectivity index (χ0) is 10.1. The van der Waals surface area contributed by atoms with Crippen LogP contribution in [0.2, 0.25) is 0 Å². The highest BCUT2D eigenvalue weighted by molar-refractivity contribution is 7.17. The molecule has 0 aliphatic heterocycles. The van der Waals surface area contributed by atoms with E-state index >= 15 is 0 Å². The number of aliphatic hydroxyl groups excluding tert-OH is 1. The van der Waals surface area contributed by atoms with Crippen LogP contribution >= 0.6 is 22.9 Å². The predicted octanol–water partition coefficient (Wildman–Crippen LogP) is 2.71. The van der Waals surface area contributed by atoms with Gasteiger partial charge < -0.3 is 10.8 Å². The Kier molecular flexibility index (Phi) is 2.63. The number of nitrogens with two attached hydrogens (primary N) is 1. The molecular formula is C10H10ClNOS. The lowest BCUT2D eigenvalue weighted by Crippen LogP contribution is -1.95. The molecule has 0 saturated carbocycles. The second-order valence-electron chi connectivity index (χ2n) is 3.06. The van der Waals surface area contributed by atoms with Gasteiger partial charge in [-0.15, -0.1) is 22.9 Å². The fourth-order valence-electron chi connectivity index (χ4n) is 1.50. The van der Waals surface area contributed by atoms with Gasteiger partial charge in [0, 0.05) is 27.2 Å². The van der Waals surface area contributed by atoms with E-state index in [1.165, 1.54) is 0 Å². The molecule has 1 heterocycles. The normalized spacial score (nSPS) is 11.0. The van der Waals surface area contributed by atoms with Crippen LogP contribution in [0.1, 0.15) is 11.1 Å². The van der Waals surface area contributed by atoms with Crippen LogP contribution in [0.15, 0.2) is 17.5 Å². The highest BCUT2D eigenvalue weighted by atomic mass is 35.5. The fraction of sp³-hybridized carbons (Fsp3) is 0.200. The third-order valence-corrected chi connectivity index (χ3v) is 3.55. The molecule has 14 heavy (non-hydrogen) atoms. The molecule has 1 aromatic carbocycles. The fourth-order valence-corrected chi connectivity index (χ4v) is 2.78. The molecular weight excluding hydrogens is 218 g/mol. The quantitative estimate of drug-likeness (QED) is 0.612. The average molecular weight is 228 g/mol. The summed E-state index contributed by atoms with van der Waals surface area (Å²) in [7, 11) is 0. The van der Waals surface area contributed by atoms with E-state index in [0.717, 1.165) is 21.2 Å². The van der Waals surface area contributed by atoms with Crippen LogP contribution in [-0.2, 0) is 12.5 Å². The monoisotopic (exact) mass is 227 g/mol. The highest BCUT2D eigenvalue weighted by Crippen LogP contribution is 2.33. The summed E-state index contributed by atoms with van der Waals surface area (Å²) >= 11 is 7.43. The smallest absolute Gasteiger partial charge is 0.0702 e. The summed E-state index contributed by atoms with van der Waals surface area (Å²) in [6.07, 6.45) is 0. The van der Waals surface area contributed by atoms with Crippen LogP contribution in [0.4, 0.5) is 5.69 Å². The number of fused-ring (bicyclic) bond motifs is 1. The number of hydrogen-bond donors (Lipinski definition) is 2. The van der Waals surface area contributed by atoms with Gasteiger partial charge in [-0.3, -0.25) is 0 Å². The van der Waals surface area contributed by atoms with E-state index in [9.17, 15) is 0 Å². The lowest BCUT2D eigenvalue weighted by Gasteiger charge is -2.04. The summed E-state index contributed by atoms with van der Waals surface area (Å²) in [5.74, 6) is 0.457. The molecule has 0 unspecified atom stereocenters. The van der Waals surface area contributed by atoms with Crippen molar-refractivity contribution in [3.63, 3.8) is 0 Å². The van der Waals surface area contributed by atoms with Crippen molar-refractivity contribution in [1.82, 2.24) is 0 Å². The minimum absolute atomic E-state index is 0.0284. The standard InChI is InChI=1S/C10H10ClNOS/c11-3-7-5-14-8-2-1-6(4-13)10(12)9(7)8/h1-2,5,13H,3-4,12H2. The third-order valence-electron chi connectivity index (χ3n) is 2.26. The molecule has 0 aliphatic rings. The van der Waals surface area contributed by atoms with Gasteiger partial charge in [0.2, 0.25) is 0 Å². The Labute approximate surface area is 90.9 Å². The lowest BCUT2D eigenvalue weighted by atomic mass is 10.1. The molecule has 0 aliphatic carbocycles. The van der Waals surface area contributed by atoms with Crippen molar-refractivity contribution in [2.24, 2.45) is 0 Å². The molecule has 0 bridgehead atoms. The van der Waals surface area contributed by atoms with Gasteiger partial charge in [-0.25, -0.2) is 0 Å². The zero-order valence-corrected chi connectivity index (χ0v) is 9.03. The van der Waals surface area contributed by atoms with Gasteiger partial charge in [0.1, 0.15) is 0 Å². The number of benzene rings is 1. The molecule has 0 fully saturated rings. The summed E-state index contributed by atoms with van der Waals surface area (Å²) in [5.41, 5.74) is 8.40. The predicted molar refractivity (Wildman–Crippen MR) is 61.7 cm³/mol. The van der Waals surface area contributed by atoms with E-state index in [2.05, 4.69) is 0 Å². The molecule has 0 radical (unpaired) electrons. The number of nitrogen functional groups attached to an aromatic ring is 1. The summed E-state index contributed by atoms with van der Waals surface area (Å²) in [6, 6.07) is 3.82. The third kappa shape index (κ3) is 1.38. The number of thiophene rings is 1. The minimum atomic E-state index is -0.0284. The van der Waals surface area contributed by atoms with E-state index in [4.69, 9.17) is 22.4 Å². The Balaban J connectivity index is 2.77. The Hall–Kier alpha value is -0.770. The topological polar surface area (TPSA) is 46.2 Å². The van der Waals surface area contributed by atoms with Crippen LogP contribution < -0.4 is 5.73 Å². The van der Waals surface area contributed by atoms with E-state index < -0.39 is 0 Å². The summed E-state index contributed by atoms with van der Waals surface area (Å²) in [5, 5.41) is 12.1. The average Bonchev–Trinajstić information content (AvgIpc) is 2.62. The van der Waals surface area contributed by atoms with Crippen molar-refractivity contribution < 1.29 is 5.11 Å². The van der Waals surface area contributed by atoms with Crippen LogP contribution in [0.5, 0.6) is 0 Å². The van der Waals surface area contributed by atoms with Crippen molar-refractivity contribution in [3.8, 4) is 0 Å². The summed E-state index contributed by atoms with van der Waals surface area (Å²) in [6.45, 7) is -0.0284. The molecule has 0 saturated heterocycles. The maximum absolute atomic E-state index is 9.07. The first-order valence-electron chi connectivity index (χ1n) is 4.22. The summed E-state index contributed by atoms with van der Waals surface area (Å²) in [4.78, 5) is 0. The van der Waals surface area contributed by atoms with Gasteiger partial charge in [0.05, 0.1) is 6.61 Å². The van der Waals surface area contributed by atoms with E-state index in [0.29, 0.717) is 11.6 Å². The van der Waals surface area contributed by atoms with E-state index in [1.807, 2.05) is 17.5 Å². The molecule has 0 spiro atoms. The van der Waals surface area contributed by atoms with Gasteiger partial charge in [-0.1, -0.05) is 6.07 Å². The van der Waals surface area contributed by atoms with Crippen LogP contribution in [0.3, 0.4) is 0 Å². The Morgan fingerprint density at radius 3 is 2.79 bits per heavy atom. The lowest BCUT2D eigenvalue weighted by molar-refractivity contribution is 0.282. The van der Waals surface area contributed by atoms with Crippen LogP contribution in [0.25, 0.3) is 10.1 Å². The Morgan fingerprint density at radius 1 is 1.36 bits per heavy atom. The number of anilines is 1. The molecule has 2 rings (SSSR count). The van der Waals surface area contributed by atoms with Gasteiger partial charge in [0.15, 0.2) is 0 Å². The first kappa shape index (κ1) is 9.77. The van der Waals surface area contributed by atoms with Crippen molar-refractivity contribution in [3.05, 3.63) is 28.6 Å². The SMILES string of the molecule is Nc1c(CO)ccc2scc(CCl)c12. The van der Waals surface area contributed by atoms with Gasteiger partial charge in [-0.05, 0) is 17.0 Å². The second-order valence-corrected chi connectivity index (χ2v) is 4.24. The highest BCUT2D eigenvalue weighted by Gasteiger charge is 2.09. The number of alkyl halides is 1. The van der Waals surface area contributed by atoms with Gasteiger partial charge in [-0.2, -0.15) is 0 Å². The molecule has 2 nitrogen and oxygen atoms in total. The number of aliphatic hydroxyl groups is 1. The first-order chi connectivity index (χ1) is 6.77. The molecule has 1 aromatic heterocycles. The first-order valence-corrected chi connectivity index (χ1v) is 5.63. The van der Waals surface area contributed by atoms with Gasteiger partial charge in [0.25, 0.3) is 0 Å². The number of hydrogen-bond acceptors (Lipinski definition) is 3. The molecule has 3 N–H and O–H groups in total. The Morgan fingerprint density at radius 2 is 2.14 bits per heavy atom. The molecule has 4 heteroatoms. The maximum Gasteiger partial charge on any atom is 0.0702 e. The molecule has 0 atom stereocenters. The van der Waals surface area contributed by atoms with Crippen LogP contribution in [0, 0.1) is 0 Å². The van der Waals surface area contributed by atoms with Crippen molar-refractivity contribution in [2.75, 3.05) is 5.73 Å². The van der Waals surface area contributed by atoms with Crippen molar-refractivity contribution >= 4 is 38.7 Å². The van der Waals surface area contributed by atoms with Gasteiger partial charge >= 0.3 is 0 Å². The molecule has 0 amide bonds. The summed E-state index contributed by atoms with van der Waals surface area (Å²) < 4.78 is 1.12. The number of rotatable bonds is 2. The second kappa shape index (κ2) is 3.77. The van der Waals surface area contributed by atoms with E-state index in [-0.39, 0.29) is 6.61 Å². The maximum atomic E-state index is 9.07. The van der Waals surface area contributed by atoms with Crippen molar-refractivity contribution in [2.45, 2.75) is 12.5 Å². The molecule has 2 aromatic rings. The zero-order valence-electron chi connectivity index (χ0n) is 7.46. The van der Waals surface area contributed by atoms with E-state index in [1.54, 1.807) is 11.3 Å². The largest absolute Gasteiger partial charge is 0.398 e. The number of halogens is 1. The minimum Gasteiger partial charge on any atom is -0.398 e. The molecule has 74 valence electrons.